The van der Waals surface area contributed by atoms with Crippen molar-refractivity contribution in [1.82, 2.24) is 14.9 Å². The molecule has 0 saturated carbocycles. The quantitative estimate of drug-likeness (QED) is 0.759. The van der Waals surface area contributed by atoms with Crippen LogP contribution in [0, 0.1) is 0 Å². The zero-order valence-electron chi connectivity index (χ0n) is 10.9. The van der Waals surface area contributed by atoms with Crippen LogP contribution < -0.4 is 0 Å². The number of likely N-dealkylation sites (tertiary alicyclic amines) is 1. The van der Waals surface area contributed by atoms with Gasteiger partial charge in [-0.2, -0.15) is 0 Å². The fraction of sp³-hybridized carbons (Fsp3) is 0.615. The van der Waals surface area contributed by atoms with Gasteiger partial charge in [-0.3, -0.25) is 0 Å². The second kappa shape index (κ2) is 5.91. The molecule has 2 heterocycles. The van der Waals surface area contributed by atoms with Crippen molar-refractivity contribution in [1.29, 1.82) is 0 Å². The number of hydrogen-bond donors (Lipinski definition) is 0. The Morgan fingerprint density at radius 2 is 2.22 bits per heavy atom. The normalized spacial score (nSPS) is 17.7. The van der Waals surface area contributed by atoms with Crippen molar-refractivity contribution in [3.8, 4) is 0 Å². The number of hydrogen-bond acceptors (Lipinski definition) is 5. The predicted molar refractivity (Wildman–Crippen MR) is 67.5 cm³/mol. The summed E-state index contributed by atoms with van der Waals surface area (Å²) in [6.45, 7) is 4.27. The molecule has 18 heavy (non-hydrogen) atoms. The molecule has 0 N–H and O–H groups in total. The molecule has 0 spiro atoms. The fourth-order valence-corrected chi connectivity index (χ4v) is 2.20. The van der Waals surface area contributed by atoms with E-state index in [4.69, 9.17) is 4.74 Å². The molecule has 5 nitrogen and oxygen atoms in total. The summed E-state index contributed by atoms with van der Waals surface area (Å²) in [7, 11) is 2.13. The first kappa shape index (κ1) is 13.0. The number of piperidine rings is 1. The highest BCUT2D eigenvalue weighted by Crippen LogP contribution is 2.25. The number of nitrogens with zero attached hydrogens (tertiary/aromatic N) is 3. The number of esters is 1. The summed E-state index contributed by atoms with van der Waals surface area (Å²) >= 11 is 0. The third-order valence-corrected chi connectivity index (χ3v) is 3.27. The number of rotatable bonds is 3. The van der Waals surface area contributed by atoms with Gasteiger partial charge in [0.05, 0.1) is 6.61 Å². The van der Waals surface area contributed by atoms with E-state index in [1.165, 1.54) is 0 Å². The average molecular weight is 249 g/mol. The molecule has 0 bridgehead atoms. The van der Waals surface area contributed by atoms with Crippen LogP contribution in [0.4, 0.5) is 0 Å². The third kappa shape index (κ3) is 3.04. The molecule has 0 aromatic carbocycles. The molecular weight excluding hydrogens is 230 g/mol. The molecule has 5 heteroatoms. The van der Waals surface area contributed by atoms with Gasteiger partial charge in [0.15, 0.2) is 0 Å². The molecule has 1 aromatic heterocycles. The topological polar surface area (TPSA) is 55.3 Å². The van der Waals surface area contributed by atoms with Crippen LogP contribution in [-0.2, 0) is 4.74 Å². The zero-order valence-corrected chi connectivity index (χ0v) is 10.9. The molecule has 1 aromatic rings. The minimum atomic E-state index is -0.438. The number of carbonyl (C=O) groups excluding carboxylic acids is 1. The van der Waals surface area contributed by atoms with Crippen LogP contribution in [0.1, 0.15) is 42.0 Å². The molecule has 0 atom stereocenters. The molecule has 0 radical (unpaired) electrons. The lowest BCUT2D eigenvalue weighted by molar-refractivity contribution is 0.0511. The first-order valence-electron chi connectivity index (χ1n) is 6.39. The molecule has 0 amide bonds. The van der Waals surface area contributed by atoms with Crippen LogP contribution in [0.15, 0.2) is 12.3 Å². The van der Waals surface area contributed by atoms with Crippen LogP contribution in [0.5, 0.6) is 0 Å². The maximum atomic E-state index is 11.6. The summed E-state index contributed by atoms with van der Waals surface area (Å²) in [6, 6.07) is 1.90. The number of ether oxygens (including phenoxy) is 1. The standard InChI is InChI=1S/C13H19N3O2/c1-3-18-13(17)12-14-7-4-11(15-12)10-5-8-16(2)9-6-10/h4,7,10H,3,5-6,8-9H2,1-2H3. The van der Waals surface area contributed by atoms with Gasteiger partial charge in [-0.15, -0.1) is 0 Å². The molecule has 1 aliphatic rings. The summed E-state index contributed by atoms with van der Waals surface area (Å²) < 4.78 is 4.92. The van der Waals surface area contributed by atoms with Gasteiger partial charge >= 0.3 is 5.97 Å². The zero-order chi connectivity index (χ0) is 13.0. The highest BCUT2D eigenvalue weighted by atomic mass is 16.5. The van der Waals surface area contributed by atoms with E-state index >= 15 is 0 Å². The Morgan fingerprint density at radius 3 is 2.89 bits per heavy atom. The van der Waals surface area contributed by atoms with Crippen molar-refractivity contribution in [3.63, 3.8) is 0 Å². The van der Waals surface area contributed by atoms with Crippen LogP contribution in [0.2, 0.25) is 0 Å². The van der Waals surface area contributed by atoms with Crippen molar-refractivity contribution in [2.24, 2.45) is 0 Å². The molecule has 2 rings (SSSR count). The lowest BCUT2D eigenvalue weighted by Crippen LogP contribution is -2.29. The van der Waals surface area contributed by atoms with Gasteiger partial charge in [0.2, 0.25) is 5.82 Å². The minimum Gasteiger partial charge on any atom is -0.460 e. The molecule has 0 aliphatic carbocycles. The average Bonchev–Trinajstić information content (AvgIpc) is 2.40. The summed E-state index contributed by atoms with van der Waals surface area (Å²) in [6.07, 6.45) is 3.80. The second-order valence-electron chi connectivity index (χ2n) is 4.60. The Hall–Kier alpha value is -1.49. The van der Waals surface area contributed by atoms with E-state index in [1.54, 1.807) is 13.1 Å². The summed E-state index contributed by atoms with van der Waals surface area (Å²) in [4.78, 5) is 22.2. The van der Waals surface area contributed by atoms with Gasteiger partial charge in [0, 0.05) is 17.8 Å². The van der Waals surface area contributed by atoms with E-state index in [0.717, 1.165) is 31.6 Å². The first-order chi connectivity index (χ1) is 8.70. The number of aromatic nitrogens is 2. The van der Waals surface area contributed by atoms with E-state index in [0.29, 0.717) is 12.5 Å². The van der Waals surface area contributed by atoms with Crippen LogP contribution in [0.25, 0.3) is 0 Å². The Kier molecular flexibility index (Phi) is 4.25. The van der Waals surface area contributed by atoms with Crippen molar-refractivity contribution in [2.45, 2.75) is 25.7 Å². The minimum absolute atomic E-state index is 0.174. The van der Waals surface area contributed by atoms with Crippen LogP contribution in [0.3, 0.4) is 0 Å². The van der Waals surface area contributed by atoms with Crippen LogP contribution >= 0.6 is 0 Å². The summed E-state index contributed by atoms with van der Waals surface area (Å²) in [5, 5.41) is 0. The Morgan fingerprint density at radius 1 is 1.50 bits per heavy atom. The van der Waals surface area contributed by atoms with Crippen LogP contribution in [-0.4, -0.2) is 47.6 Å². The van der Waals surface area contributed by atoms with E-state index in [1.807, 2.05) is 6.07 Å². The fourth-order valence-electron chi connectivity index (χ4n) is 2.20. The second-order valence-corrected chi connectivity index (χ2v) is 4.60. The molecule has 1 saturated heterocycles. The maximum absolute atomic E-state index is 11.6. The van der Waals surface area contributed by atoms with Crippen molar-refractivity contribution in [2.75, 3.05) is 26.7 Å². The van der Waals surface area contributed by atoms with Gasteiger partial charge in [-0.1, -0.05) is 0 Å². The van der Waals surface area contributed by atoms with Gasteiger partial charge < -0.3 is 9.64 Å². The highest BCUT2D eigenvalue weighted by molar-refractivity contribution is 5.85. The number of carbonyl (C=O) groups is 1. The lowest BCUT2D eigenvalue weighted by atomic mass is 9.93. The molecule has 98 valence electrons. The van der Waals surface area contributed by atoms with E-state index in [9.17, 15) is 4.79 Å². The van der Waals surface area contributed by atoms with E-state index < -0.39 is 5.97 Å². The van der Waals surface area contributed by atoms with Gasteiger partial charge in [0.25, 0.3) is 0 Å². The van der Waals surface area contributed by atoms with E-state index in [-0.39, 0.29) is 5.82 Å². The Labute approximate surface area is 107 Å². The smallest absolute Gasteiger partial charge is 0.376 e. The lowest BCUT2D eigenvalue weighted by Gasteiger charge is -2.28. The van der Waals surface area contributed by atoms with Crippen molar-refractivity contribution in [3.05, 3.63) is 23.8 Å². The Balaban J connectivity index is 2.09. The maximum Gasteiger partial charge on any atom is 0.376 e. The third-order valence-electron chi connectivity index (χ3n) is 3.27. The van der Waals surface area contributed by atoms with Gasteiger partial charge in [-0.25, -0.2) is 14.8 Å². The molecule has 0 unspecified atom stereocenters. The van der Waals surface area contributed by atoms with Gasteiger partial charge in [-0.05, 0) is 46.0 Å². The summed E-state index contributed by atoms with van der Waals surface area (Å²) in [5.41, 5.74) is 0.959. The van der Waals surface area contributed by atoms with Gasteiger partial charge in [0.1, 0.15) is 0 Å². The Bertz CT molecular complexity index is 414. The molecule has 1 aliphatic heterocycles. The first-order valence-corrected chi connectivity index (χ1v) is 6.39. The molecular formula is C13H19N3O2. The van der Waals surface area contributed by atoms with Crippen molar-refractivity contribution < 1.29 is 9.53 Å². The largest absolute Gasteiger partial charge is 0.460 e. The SMILES string of the molecule is CCOC(=O)c1nccc(C2CCN(C)CC2)n1. The monoisotopic (exact) mass is 249 g/mol. The van der Waals surface area contributed by atoms with E-state index in [2.05, 4.69) is 21.9 Å². The van der Waals surface area contributed by atoms with Crippen molar-refractivity contribution >= 4 is 5.97 Å². The predicted octanol–water partition coefficient (Wildman–Crippen LogP) is 1.46. The molecule has 1 fully saturated rings. The highest BCUT2D eigenvalue weighted by Gasteiger charge is 2.21. The summed E-state index contributed by atoms with van der Waals surface area (Å²) in [5.74, 6) is 0.165.